The predicted molar refractivity (Wildman–Crippen MR) is 77.3 cm³/mol. The second kappa shape index (κ2) is 6.70. The zero-order valence-corrected chi connectivity index (χ0v) is 12.1. The third kappa shape index (κ3) is 3.93. The van der Waals surface area contributed by atoms with E-state index < -0.39 is 5.97 Å². The van der Waals surface area contributed by atoms with Crippen molar-refractivity contribution in [1.82, 2.24) is 4.98 Å². The lowest BCUT2D eigenvalue weighted by Gasteiger charge is -2.28. The lowest BCUT2D eigenvalue weighted by molar-refractivity contribution is 0.0231. The van der Waals surface area contributed by atoms with Crippen LogP contribution in [-0.4, -0.2) is 34.8 Å². The summed E-state index contributed by atoms with van der Waals surface area (Å²) in [6.07, 6.45) is 3.82. The van der Waals surface area contributed by atoms with Gasteiger partial charge in [0.25, 0.3) is 0 Å². The van der Waals surface area contributed by atoms with Crippen LogP contribution in [0.4, 0.5) is 5.82 Å². The van der Waals surface area contributed by atoms with Crippen LogP contribution < -0.4 is 5.32 Å². The predicted octanol–water partition coefficient (Wildman–Crippen LogP) is 2.71. The Morgan fingerprint density at radius 1 is 1.55 bits per heavy atom. The van der Waals surface area contributed by atoms with Gasteiger partial charge in [0.05, 0.1) is 11.7 Å². The minimum absolute atomic E-state index is 0.235. The average molecular weight is 278 g/mol. The number of anilines is 1. The maximum Gasteiger partial charge on any atom is 0.335 e. The van der Waals surface area contributed by atoms with Gasteiger partial charge in [-0.3, -0.25) is 0 Å². The maximum atomic E-state index is 11.2. The van der Waals surface area contributed by atoms with E-state index in [1.165, 1.54) is 0 Å². The van der Waals surface area contributed by atoms with Gasteiger partial charge in [-0.15, -0.1) is 0 Å². The summed E-state index contributed by atoms with van der Waals surface area (Å²) in [4.78, 5) is 15.7. The van der Waals surface area contributed by atoms with Crippen LogP contribution in [-0.2, 0) is 11.2 Å². The summed E-state index contributed by atoms with van der Waals surface area (Å²) in [7, 11) is 0. The van der Waals surface area contributed by atoms with E-state index in [0.29, 0.717) is 17.4 Å². The fraction of sp³-hybridized carbons (Fsp3) is 0.600. The molecule has 1 aliphatic heterocycles. The quantitative estimate of drug-likeness (QED) is 0.866. The number of aryl methyl sites for hydroxylation is 1. The molecule has 0 radical (unpaired) electrons. The van der Waals surface area contributed by atoms with Crippen LogP contribution in [0.25, 0.3) is 0 Å². The summed E-state index contributed by atoms with van der Waals surface area (Å²) in [5.41, 5.74) is 1.13. The zero-order valence-electron chi connectivity index (χ0n) is 12.1. The monoisotopic (exact) mass is 278 g/mol. The largest absolute Gasteiger partial charge is 0.478 e. The lowest BCUT2D eigenvalue weighted by atomic mass is 10.0. The van der Waals surface area contributed by atoms with Crippen molar-refractivity contribution in [2.24, 2.45) is 0 Å². The number of pyridine rings is 1. The van der Waals surface area contributed by atoms with E-state index in [2.05, 4.69) is 24.1 Å². The second-order valence-corrected chi connectivity index (χ2v) is 5.33. The molecule has 2 rings (SSSR count). The molecule has 20 heavy (non-hydrogen) atoms. The van der Waals surface area contributed by atoms with E-state index >= 15 is 0 Å². The number of nitrogens with one attached hydrogen (secondary N) is 1. The first-order valence-corrected chi connectivity index (χ1v) is 7.21. The normalized spacial score (nSPS) is 22.5. The molecule has 5 heteroatoms. The first kappa shape index (κ1) is 14.8. The number of hydrogen-bond acceptors (Lipinski definition) is 4. The summed E-state index contributed by atoms with van der Waals surface area (Å²) in [6, 6.07) is 3.57. The van der Waals surface area contributed by atoms with E-state index in [0.717, 1.165) is 38.0 Å². The average Bonchev–Trinajstić information content (AvgIpc) is 2.38. The topological polar surface area (TPSA) is 71.5 Å². The fourth-order valence-corrected chi connectivity index (χ4v) is 2.51. The molecule has 1 aromatic rings. The molecule has 0 saturated carbocycles. The molecular formula is C15H22N2O3. The van der Waals surface area contributed by atoms with E-state index in [9.17, 15) is 9.90 Å². The minimum atomic E-state index is -0.909. The molecule has 1 saturated heterocycles. The number of carboxylic acid groups (broad SMARTS) is 1. The van der Waals surface area contributed by atoms with Crippen LogP contribution in [0.2, 0.25) is 0 Å². The van der Waals surface area contributed by atoms with Crippen LogP contribution >= 0.6 is 0 Å². The van der Waals surface area contributed by atoms with Crippen molar-refractivity contribution in [3.8, 4) is 0 Å². The van der Waals surface area contributed by atoms with Crippen molar-refractivity contribution in [2.75, 3.05) is 11.9 Å². The highest BCUT2D eigenvalue weighted by molar-refractivity contribution is 5.88. The molecule has 2 heterocycles. The van der Waals surface area contributed by atoms with Crippen molar-refractivity contribution in [1.29, 1.82) is 0 Å². The third-order valence-electron chi connectivity index (χ3n) is 3.47. The van der Waals surface area contributed by atoms with Crippen LogP contribution in [0.1, 0.15) is 49.2 Å². The number of carbonyl (C=O) groups is 1. The number of ether oxygens (including phenoxy) is 1. The Bertz CT molecular complexity index is 476. The number of carboxylic acids is 1. The number of aromatic nitrogens is 1. The smallest absolute Gasteiger partial charge is 0.335 e. The standard InChI is InChI=1S/C15H22N2O3/c1-3-4-12-8-11(15(18)19)9-14(16-12)17-13-5-6-20-10(2)7-13/h8-10,13H,3-7H2,1-2H3,(H,16,17)(H,18,19). The second-order valence-electron chi connectivity index (χ2n) is 5.33. The van der Waals surface area contributed by atoms with Gasteiger partial charge < -0.3 is 15.2 Å². The fourth-order valence-electron chi connectivity index (χ4n) is 2.51. The summed E-state index contributed by atoms with van der Waals surface area (Å²) >= 11 is 0. The molecule has 1 aliphatic rings. The molecule has 0 bridgehead atoms. The molecule has 1 fully saturated rings. The Kier molecular flexibility index (Phi) is 4.95. The van der Waals surface area contributed by atoms with Crippen LogP contribution in [0.15, 0.2) is 12.1 Å². The summed E-state index contributed by atoms with van der Waals surface area (Å²) < 4.78 is 5.52. The van der Waals surface area contributed by atoms with Crippen molar-refractivity contribution in [3.63, 3.8) is 0 Å². The molecule has 0 aliphatic carbocycles. The molecule has 2 N–H and O–H groups in total. The third-order valence-corrected chi connectivity index (χ3v) is 3.47. The lowest BCUT2D eigenvalue weighted by Crippen LogP contribution is -2.32. The van der Waals surface area contributed by atoms with Gasteiger partial charge in [0.2, 0.25) is 0 Å². The van der Waals surface area contributed by atoms with Gasteiger partial charge in [0.1, 0.15) is 5.82 Å². The molecule has 2 atom stereocenters. The van der Waals surface area contributed by atoms with Crippen LogP contribution in [0.5, 0.6) is 0 Å². The highest BCUT2D eigenvalue weighted by Gasteiger charge is 2.20. The maximum absolute atomic E-state index is 11.2. The van der Waals surface area contributed by atoms with Crippen molar-refractivity contribution >= 4 is 11.8 Å². The summed E-state index contributed by atoms with van der Waals surface area (Å²) in [5, 5.41) is 12.5. The SMILES string of the molecule is CCCc1cc(C(=O)O)cc(NC2CCOC(C)C2)n1. The number of nitrogens with zero attached hydrogens (tertiary/aromatic N) is 1. The Labute approximate surface area is 119 Å². The highest BCUT2D eigenvalue weighted by Crippen LogP contribution is 2.19. The molecule has 0 spiro atoms. The Balaban J connectivity index is 2.14. The summed E-state index contributed by atoms with van der Waals surface area (Å²) in [5.74, 6) is -0.249. The van der Waals surface area contributed by atoms with Crippen molar-refractivity contribution in [3.05, 3.63) is 23.4 Å². The van der Waals surface area contributed by atoms with Gasteiger partial charge in [-0.05, 0) is 38.3 Å². The van der Waals surface area contributed by atoms with Crippen LogP contribution in [0.3, 0.4) is 0 Å². The van der Waals surface area contributed by atoms with Gasteiger partial charge >= 0.3 is 5.97 Å². The molecule has 110 valence electrons. The Morgan fingerprint density at radius 2 is 2.35 bits per heavy atom. The van der Waals surface area contributed by atoms with Gasteiger partial charge in [-0.1, -0.05) is 13.3 Å². The summed E-state index contributed by atoms with van der Waals surface area (Å²) in [6.45, 7) is 4.85. The number of rotatable bonds is 5. The first-order valence-electron chi connectivity index (χ1n) is 7.21. The minimum Gasteiger partial charge on any atom is -0.478 e. The van der Waals surface area contributed by atoms with Crippen molar-refractivity contribution < 1.29 is 14.6 Å². The van der Waals surface area contributed by atoms with Gasteiger partial charge in [-0.25, -0.2) is 9.78 Å². The first-order chi connectivity index (χ1) is 9.58. The van der Waals surface area contributed by atoms with E-state index in [-0.39, 0.29) is 6.10 Å². The molecule has 2 unspecified atom stereocenters. The van der Waals surface area contributed by atoms with Gasteiger partial charge in [0, 0.05) is 18.3 Å². The van der Waals surface area contributed by atoms with Gasteiger partial charge in [0.15, 0.2) is 0 Å². The highest BCUT2D eigenvalue weighted by atomic mass is 16.5. The number of aromatic carboxylic acids is 1. The molecular weight excluding hydrogens is 256 g/mol. The molecule has 0 aromatic carbocycles. The van der Waals surface area contributed by atoms with E-state index in [4.69, 9.17) is 4.74 Å². The Morgan fingerprint density at radius 3 is 3.00 bits per heavy atom. The molecule has 1 aromatic heterocycles. The molecule has 0 amide bonds. The molecule has 5 nitrogen and oxygen atoms in total. The number of hydrogen-bond donors (Lipinski definition) is 2. The van der Waals surface area contributed by atoms with Gasteiger partial charge in [-0.2, -0.15) is 0 Å². The van der Waals surface area contributed by atoms with Crippen LogP contribution in [0, 0.1) is 0 Å². The van der Waals surface area contributed by atoms with E-state index in [1.54, 1.807) is 12.1 Å². The van der Waals surface area contributed by atoms with E-state index in [1.807, 2.05) is 0 Å². The Hall–Kier alpha value is -1.62. The zero-order chi connectivity index (χ0) is 14.5. The van der Waals surface area contributed by atoms with Crippen molar-refractivity contribution in [2.45, 2.75) is 51.7 Å².